The number of hydrogen-bond donors (Lipinski definition) is 2. The quantitative estimate of drug-likeness (QED) is 0.551. The maximum absolute atomic E-state index is 11.1. The number of nitrogens with one attached hydrogen (secondary N) is 1. The van der Waals surface area contributed by atoms with E-state index < -0.39 is 18.5 Å². The van der Waals surface area contributed by atoms with Crippen molar-refractivity contribution >= 4 is 34.0 Å². The van der Waals surface area contributed by atoms with Crippen molar-refractivity contribution in [1.82, 2.24) is 5.43 Å². The zero-order chi connectivity index (χ0) is 16.5. The van der Waals surface area contributed by atoms with Crippen LogP contribution in [0.25, 0.3) is 0 Å². The third-order valence-electron chi connectivity index (χ3n) is 2.27. The molecule has 1 rings (SSSR count). The van der Waals surface area contributed by atoms with Gasteiger partial charge in [-0.15, -0.1) is 0 Å². The number of methoxy groups -OCH3 is 1. The molecule has 0 radical (unpaired) electrons. The Morgan fingerprint density at radius 3 is 2.82 bits per heavy atom. The molecule has 1 aromatic carbocycles. The van der Waals surface area contributed by atoms with Crippen LogP contribution in [0.15, 0.2) is 21.7 Å². The maximum Gasteiger partial charge on any atom is 0.341 e. The van der Waals surface area contributed by atoms with Crippen molar-refractivity contribution in [3.63, 3.8) is 0 Å². The lowest BCUT2D eigenvalue weighted by Crippen LogP contribution is -2.16. The molecule has 0 unspecified atom stereocenters. The highest BCUT2D eigenvalue weighted by atomic mass is 79.9. The molecule has 2 N–H and O–H groups in total. The lowest BCUT2D eigenvalue weighted by molar-refractivity contribution is -0.139. The van der Waals surface area contributed by atoms with Crippen molar-refractivity contribution in [2.75, 3.05) is 13.7 Å². The summed E-state index contributed by atoms with van der Waals surface area (Å²) in [5, 5.41) is 20.7. The molecule has 116 valence electrons. The smallest absolute Gasteiger partial charge is 0.341 e. The highest BCUT2D eigenvalue weighted by Crippen LogP contribution is 2.32. The average molecular weight is 370 g/mol. The van der Waals surface area contributed by atoms with Crippen molar-refractivity contribution in [3.8, 4) is 17.6 Å². The summed E-state index contributed by atoms with van der Waals surface area (Å²) in [6, 6.07) is 4.78. The zero-order valence-corrected chi connectivity index (χ0v) is 13.1. The first-order chi connectivity index (χ1) is 10.5. The topological polar surface area (TPSA) is 121 Å². The Labute approximate surface area is 134 Å². The van der Waals surface area contributed by atoms with Crippen LogP contribution in [0, 0.1) is 11.3 Å². The van der Waals surface area contributed by atoms with Crippen molar-refractivity contribution in [3.05, 3.63) is 22.2 Å². The molecule has 0 fully saturated rings. The van der Waals surface area contributed by atoms with Crippen molar-refractivity contribution in [2.45, 2.75) is 6.42 Å². The fourth-order valence-corrected chi connectivity index (χ4v) is 1.77. The highest BCUT2D eigenvalue weighted by molar-refractivity contribution is 9.10. The number of amides is 1. The van der Waals surface area contributed by atoms with E-state index in [1.54, 1.807) is 12.1 Å². The number of carboxylic acid groups (broad SMARTS) is 1. The van der Waals surface area contributed by atoms with Crippen LogP contribution in [0.3, 0.4) is 0 Å². The second-order valence-corrected chi connectivity index (χ2v) is 4.69. The van der Waals surface area contributed by atoms with Gasteiger partial charge in [0, 0.05) is 10.0 Å². The zero-order valence-electron chi connectivity index (χ0n) is 11.5. The molecule has 0 aliphatic carbocycles. The number of aliphatic carboxylic acids is 1. The standard InChI is InChI=1S/C13H12BrN3O5/c1-21-10-4-8(6-16-17-12(18)2-3-15)9(14)5-11(10)22-7-13(19)20/h4-6H,2,7H2,1H3,(H,17,18)(H,19,20)/b16-6+. The summed E-state index contributed by atoms with van der Waals surface area (Å²) in [4.78, 5) is 21.6. The van der Waals surface area contributed by atoms with Gasteiger partial charge in [0.05, 0.1) is 19.4 Å². The molecule has 0 saturated heterocycles. The number of carbonyl (C=O) groups excluding carboxylic acids is 1. The van der Waals surface area contributed by atoms with Gasteiger partial charge in [-0.05, 0) is 28.1 Å². The Morgan fingerprint density at radius 1 is 1.50 bits per heavy atom. The van der Waals surface area contributed by atoms with Gasteiger partial charge in [0.1, 0.15) is 6.42 Å². The van der Waals surface area contributed by atoms with Gasteiger partial charge in [-0.2, -0.15) is 10.4 Å². The fraction of sp³-hybridized carbons (Fsp3) is 0.231. The molecule has 0 saturated carbocycles. The van der Waals surface area contributed by atoms with Gasteiger partial charge in [-0.1, -0.05) is 0 Å². The number of hydrazone groups is 1. The number of halogens is 1. The second kappa shape index (κ2) is 8.63. The molecule has 0 aromatic heterocycles. The van der Waals surface area contributed by atoms with Crippen molar-refractivity contribution in [1.29, 1.82) is 5.26 Å². The summed E-state index contributed by atoms with van der Waals surface area (Å²) in [5.41, 5.74) is 2.76. The number of rotatable bonds is 7. The first-order valence-electron chi connectivity index (χ1n) is 5.89. The highest BCUT2D eigenvalue weighted by Gasteiger charge is 2.11. The van der Waals surface area contributed by atoms with Crippen LogP contribution >= 0.6 is 15.9 Å². The molecule has 1 aromatic rings. The van der Waals surface area contributed by atoms with Crippen molar-refractivity contribution < 1.29 is 24.2 Å². The van der Waals surface area contributed by atoms with E-state index in [1.165, 1.54) is 19.4 Å². The van der Waals surface area contributed by atoms with Gasteiger partial charge < -0.3 is 14.6 Å². The predicted octanol–water partition coefficient (Wildman–Crippen LogP) is 1.28. The molecule has 0 aliphatic rings. The van der Waals surface area contributed by atoms with E-state index in [1.807, 2.05) is 0 Å². The SMILES string of the molecule is COc1cc(/C=N/NC(=O)CC#N)c(Br)cc1OCC(=O)O. The van der Waals surface area contributed by atoms with Gasteiger partial charge in [0.15, 0.2) is 18.1 Å². The average Bonchev–Trinajstić information content (AvgIpc) is 2.47. The number of carboxylic acids is 1. The number of nitriles is 1. The molecule has 0 bridgehead atoms. The van der Waals surface area contributed by atoms with Gasteiger partial charge in [0.2, 0.25) is 0 Å². The number of ether oxygens (including phenoxy) is 2. The molecule has 1 amide bonds. The Morgan fingerprint density at radius 2 is 2.23 bits per heavy atom. The van der Waals surface area contributed by atoms with Crippen LogP contribution in [-0.2, 0) is 9.59 Å². The number of benzene rings is 1. The molecule has 0 heterocycles. The monoisotopic (exact) mass is 369 g/mol. The summed E-state index contributed by atoms with van der Waals surface area (Å²) >= 11 is 3.28. The lowest BCUT2D eigenvalue weighted by atomic mass is 10.2. The first kappa shape index (κ1) is 17.5. The van der Waals surface area contributed by atoms with Crippen LogP contribution in [0.1, 0.15) is 12.0 Å². The number of nitrogens with zero attached hydrogens (tertiary/aromatic N) is 2. The normalized spacial score (nSPS) is 10.0. The number of carbonyl (C=O) groups is 2. The lowest BCUT2D eigenvalue weighted by Gasteiger charge is -2.11. The minimum absolute atomic E-state index is 0.252. The van der Waals surface area contributed by atoms with Gasteiger partial charge in [-0.25, -0.2) is 10.2 Å². The predicted molar refractivity (Wildman–Crippen MR) is 79.8 cm³/mol. The molecule has 0 aliphatic heterocycles. The first-order valence-corrected chi connectivity index (χ1v) is 6.68. The van der Waals surface area contributed by atoms with Crippen molar-refractivity contribution in [2.24, 2.45) is 5.10 Å². The minimum Gasteiger partial charge on any atom is -0.493 e. The molecule has 8 nitrogen and oxygen atoms in total. The Kier molecular flexibility index (Phi) is 6.85. The maximum atomic E-state index is 11.1. The van der Waals surface area contributed by atoms with E-state index in [4.69, 9.17) is 19.8 Å². The molecule has 0 atom stereocenters. The Hall–Kier alpha value is -2.60. The molecule has 9 heteroatoms. The second-order valence-electron chi connectivity index (χ2n) is 3.84. The molecular weight excluding hydrogens is 358 g/mol. The van der Waals surface area contributed by atoms with E-state index in [2.05, 4.69) is 26.5 Å². The molecule has 22 heavy (non-hydrogen) atoms. The van der Waals surface area contributed by atoms with Crippen LogP contribution in [0.5, 0.6) is 11.5 Å². The van der Waals surface area contributed by atoms with E-state index in [9.17, 15) is 9.59 Å². The van der Waals surface area contributed by atoms with Crippen LogP contribution in [-0.4, -0.2) is 36.9 Å². The Bertz CT molecular complexity index is 639. The van der Waals surface area contributed by atoms with Gasteiger partial charge in [-0.3, -0.25) is 4.79 Å². The van der Waals surface area contributed by atoms with Gasteiger partial charge in [0.25, 0.3) is 5.91 Å². The summed E-state index contributed by atoms with van der Waals surface area (Å²) < 4.78 is 10.8. The molecular formula is C13H12BrN3O5. The summed E-state index contributed by atoms with van der Waals surface area (Å²) in [7, 11) is 1.41. The van der Waals surface area contributed by atoms with E-state index >= 15 is 0 Å². The van der Waals surface area contributed by atoms with Crippen LogP contribution in [0.4, 0.5) is 0 Å². The third-order valence-corrected chi connectivity index (χ3v) is 2.95. The summed E-state index contributed by atoms with van der Waals surface area (Å²) in [6.07, 6.45) is 1.06. The fourth-order valence-electron chi connectivity index (χ4n) is 1.35. The molecule has 0 spiro atoms. The Balaban J connectivity index is 2.89. The minimum atomic E-state index is -1.11. The summed E-state index contributed by atoms with van der Waals surface area (Å²) in [5.74, 6) is -1.07. The summed E-state index contributed by atoms with van der Waals surface area (Å²) in [6.45, 7) is -0.500. The van der Waals surface area contributed by atoms with Crippen LogP contribution < -0.4 is 14.9 Å². The van der Waals surface area contributed by atoms with E-state index in [0.29, 0.717) is 15.8 Å². The van der Waals surface area contributed by atoms with E-state index in [-0.39, 0.29) is 12.2 Å². The van der Waals surface area contributed by atoms with E-state index in [0.717, 1.165) is 0 Å². The van der Waals surface area contributed by atoms with Gasteiger partial charge >= 0.3 is 5.97 Å². The number of hydrogen-bond acceptors (Lipinski definition) is 6. The largest absolute Gasteiger partial charge is 0.493 e. The van der Waals surface area contributed by atoms with Crippen LogP contribution in [0.2, 0.25) is 0 Å². The third kappa shape index (κ3) is 5.41.